The second-order valence-corrected chi connectivity index (χ2v) is 6.31. The molecule has 0 aromatic heterocycles. The maximum absolute atomic E-state index is 14.1. The highest BCUT2D eigenvalue weighted by molar-refractivity contribution is 6.89. The van der Waals surface area contributed by atoms with Crippen molar-refractivity contribution in [2.45, 2.75) is 19.9 Å². The van der Waals surface area contributed by atoms with Crippen molar-refractivity contribution >= 4 is 13.6 Å². The fourth-order valence-corrected chi connectivity index (χ4v) is 2.91. The topological polar surface area (TPSA) is 0 Å². The summed E-state index contributed by atoms with van der Waals surface area (Å²) in [6, 6.07) is 9.43. The Labute approximate surface area is 80.3 Å². The Bertz CT molecular complexity index is 277. The van der Waals surface area contributed by atoms with Gasteiger partial charge in [-0.15, -0.1) is 0 Å². The zero-order valence-corrected chi connectivity index (χ0v) is 9.13. The van der Waals surface area contributed by atoms with Gasteiger partial charge in [-0.1, -0.05) is 49.0 Å². The van der Waals surface area contributed by atoms with Crippen LogP contribution in [0.5, 0.6) is 0 Å². The summed E-state index contributed by atoms with van der Waals surface area (Å²) in [5.41, 5.74) is 1.75. The molecule has 1 rings (SSSR count). The summed E-state index contributed by atoms with van der Waals surface area (Å²) in [5.74, 6) is 0. The largest absolute Gasteiger partial charge is 0.303 e. The number of rotatable bonds is 3. The standard InChI is InChI=1S/C11H15FSi/c1-3-4-10-13(2,12)11-8-6-5-7-9-11/h4-10H,3H2,1-2H3. The predicted octanol–water partition coefficient (Wildman–Crippen LogP) is 2.94. The average Bonchev–Trinajstić information content (AvgIpc) is 2.16. The molecule has 0 bridgehead atoms. The highest BCUT2D eigenvalue weighted by Gasteiger charge is 2.25. The van der Waals surface area contributed by atoms with Gasteiger partial charge in [0, 0.05) is 0 Å². The van der Waals surface area contributed by atoms with E-state index in [-0.39, 0.29) is 0 Å². The minimum Gasteiger partial charge on any atom is -0.303 e. The fourth-order valence-electron chi connectivity index (χ4n) is 1.20. The zero-order valence-electron chi connectivity index (χ0n) is 8.13. The van der Waals surface area contributed by atoms with Crippen LogP contribution in [-0.2, 0) is 0 Å². The Morgan fingerprint density at radius 1 is 1.31 bits per heavy atom. The minimum atomic E-state index is -2.78. The molecule has 0 heterocycles. The quantitative estimate of drug-likeness (QED) is 0.512. The maximum Gasteiger partial charge on any atom is 0.298 e. The second-order valence-electron chi connectivity index (χ2n) is 3.25. The molecule has 0 N–H and O–H groups in total. The van der Waals surface area contributed by atoms with Crippen LogP contribution >= 0.6 is 0 Å². The van der Waals surface area contributed by atoms with E-state index in [9.17, 15) is 4.11 Å². The van der Waals surface area contributed by atoms with Gasteiger partial charge >= 0.3 is 0 Å². The van der Waals surface area contributed by atoms with E-state index in [4.69, 9.17) is 0 Å². The summed E-state index contributed by atoms with van der Waals surface area (Å²) in [7, 11) is -2.78. The third-order valence-corrected chi connectivity index (χ3v) is 4.33. The van der Waals surface area contributed by atoms with E-state index in [0.717, 1.165) is 11.6 Å². The van der Waals surface area contributed by atoms with Crippen molar-refractivity contribution in [3.8, 4) is 0 Å². The molecule has 0 nitrogen and oxygen atoms in total. The Kier molecular flexibility index (Phi) is 3.43. The van der Waals surface area contributed by atoms with Gasteiger partial charge in [-0.25, -0.2) is 0 Å². The molecule has 1 atom stereocenters. The molecule has 1 unspecified atom stereocenters. The molecule has 0 radical (unpaired) electrons. The number of benzene rings is 1. The normalized spacial score (nSPS) is 15.9. The van der Waals surface area contributed by atoms with Crippen molar-refractivity contribution in [1.29, 1.82) is 0 Å². The van der Waals surface area contributed by atoms with Gasteiger partial charge in [0.1, 0.15) is 0 Å². The lowest BCUT2D eigenvalue weighted by Gasteiger charge is -2.12. The van der Waals surface area contributed by atoms with Gasteiger partial charge in [0.25, 0.3) is 8.41 Å². The van der Waals surface area contributed by atoms with E-state index in [1.807, 2.05) is 43.3 Å². The molecule has 0 aliphatic rings. The Morgan fingerprint density at radius 2 is 1.92 bits per heavy atom. The first kappa shape index (κ1) is 10.2. The van der Waals surface area contributed by atoms with E-state index in [2.05, 4.69) is 0 Å². The number of hydrogen-bond acceptors (Lipinski definition) is 0. The molecule has 0 aliphatic heterocycles. The van der Waals surface area contributed by atoms with Crippen LogP contribution in [0.15, 0.2) is 42.1 Å². The lowest BCUT2D eigenvalue weighted by Crippen LogP contribution is -2.38. The second kappa shape index (κ2) is 4.37. The first-order chi connectivity index (χ1) is 6.17. The lowest BCUT2D eigenvalue weighted by atomic mass is 10.4. The van der Waals surface area contributed by atoms with Crippen LogP contribution in [0.1, 0.15) is 13.3 Å². The molecular weight excluding hydrogens is 179 g/mol. The van der Waals surface area contributed by atoms with Crippen molar-refractivity contribution in [1.82, 2.24) is 0 Å². The molecule has 70 valence electrons. The number of halogens is 1. The molecule has 0 fully saturated rings. The smallest absolute Gasteiger partial charge is 0.298 e. The predicted molar refractivity (Wildman–Crippen MR) is 58.2 cm³/mol. The monoisotopic (exact) mass is 194 g/mol. The average molecular weight is 194 g/mol. The summed E-state index contributed by atoms with van der Waals surface area (Å²) >= 11 is 0. The molecule has 0 saturated heterocycles. The highest BCUT2D eigenvalue weighted by atomic mass is 28.4. The molecule has 13 heavy (non-hydrogen) atoms. The first-order valence-electron chi connectivity index (χ1n) is 4.59. The van der Waals surface area contributed by atoms with Crippen molar-refractivity contribution in [3.63, 3.8) is 0 Å². The van der Waals surface area contributed by atoms with E-state index >= 15 is 0 Å². The van der Waals surface area contributed by atoms with Crippen molar-refractivity contribution in [2.75, 3.05) is 0 Å². The molecule has 1 aromatic rings. The van der Waals surface area contributed by atoms with Crippen LogP contribution in [-0.4, -0.2) is 8.41 Å². The van der Waals surface area contributed by atoms with E-state index < -0.39 is 8.41 Å². The van der Waals surface area contributed by atoms with Crippen molar-refractivity contribution < 1.29 is 4.11 Å². The van der Waals surface area contributed by atoms with Crippen molar-refractivity contribution in [2.24, 2.45) is 0 Å². The van der Waals surface area contributed by atoms with Crippen LogP contribution in [0, 0.1) is 0 Å². The van der Waals surface area contributed by atoms with Gasteiger partial charge in [0.15, 0.2) is 0 Å². The van der Waals surface area contributed by atoms with Crippen LogP contribution in [0.4, 0.5) is 4.11 Å². The molecule has 1 aromatic carbocycles. The van der Waals surface area contributed by atoms with Crippen LogP contribution in [0.2, 0.25) is 6.55 Å². The minimum absolute atomic E-state index is 0.847. The van der Waals surface area contributed by atoms with E-state index in [1.165, 1.54) is 0 Å². The molecule has 0 spiro atoms. The Hall–Kier alpha value is -0.893. The van der Waals surface area contributed by atoms with Crippen molar-refractivity contribution in [3.05, 3.63) is 42.1 Å². The molecular formula is C11H15FSi. The van der Waals surface area contributed by atoms with Crippen LogP contribution in [0.25, 0.3) is 0 Å². The highest BCUT2D eigenvalue weighted by Crippen LogP contribution is 2.07. The Morgan fingerprint density at radius 3 is 2.46 bits per heavy atom. The fraction of sp³-hybridized carbons (Fsp3) is 0.273. The summed E-state index contributed by atoms with van der Waals surface area (Å²) in [5, 5.41) is 0.847. The van der Waals surface area contributed by atoms with Crippen LogP contribution in [0.3, 0.4) is 0 Å². The first-order valence-corrected chi connectivity index (χ1v) is 7.04. The van der Waals surface area contributed by atoms with Gasteiger partial charge in [-0.2, -0.15) is 0 Å². The van der Waals surface area contributed by atoms with Gasteiger partial charge in [0.2, 0.25) is 0 Å². The number of hydrogen-bond donors (Lipinski definition) is 0. The zero-order chi connectivity index (χ0) is 9.73. The third-order valence-electron chi connectivity index (χ3n) is 2.00. The third kappa shape index (κ3) is 2.81. The SMILES string of the molecule is CCC=C[Si](C)(F)c1ccccc1. The summed E-state index contributed by atoms with van der Waals surface area (Å²) in [6.07, 6.45) is 2.82. The van der Waals surface area contributed by atoms with E-state index in [0.29, 0.717) is 0 Å². The molecule has 0 aliphatic carbocycles. The number of allylic oxidation sites excluding steroid dienone is 1. The molecule has 2 heteroatoms. The van der Waals surface area contributed by atoms with Crippen LogP contribution < -0.4 is 5.19 Å². The maximum atomic E-state index is 14.1. The van der Waals surface area contributed by atoms with E-state index in [1.54, 1.807) is 12.2 Å². The summed E-state index contributed by atoms with van der Waals surface area (Å²) in [4.78, 5) is 0. The van der Waals surface area contributed by atoms with Gasteiger partial charge in [-0.3, -0.25) is 0 Å². The Balaban J connectivity index is 2.87. The summed E-state index contributed by atoms with van der Waals surface area (Å²) in [6.45, 7) is 3.74. The molecule has 0 amide bonds. The van der Waals surface area contributed by atoms with Gasteiger partial charge in [-0.05, 0) is 18.2 Å². The lowest BCUT2D eigenvalue weighted by molar-refractivity contribution is 0.830. The van der Waals surface area contributed by atoms with Gasteiger partial charge in [0.05, 0.1) is 0 Å². The molecule has 0 saturated carbocycles. The van der Waals surface area contributed by atoms with Gasteiger partial charge < -0.3 is 4.11 Å². The summed E-state index contributed by atoms with van der Waals surface area (Å²) < 4.78 is 14.1.